The molecule has 1 aliphatic carbocycles. The molecule has 1 unspecified atom stereocenters. The van der Waals surface area contributed by atoms with Gasteiger partial charge in [-0.3, -0.25) is 5.32 Å². The summed E-state index contributed by atoms with van der Waals surface area (Å²) in [5.74, 6) is 0. The highest BCUT2D eigenvalue weighted by molar-refractivity contribution is 5.22. The van der Waals surface area contributed by atoms with Crippen molar-refractivity contribution in [3.63, 3.8) is 0 Å². The second kappa shape index (κ2) is 4.45. The van der Waals surface area contributed by atoms with Crippen molar-refractivity contribution in [2.24, 2.45) is 0 Å². The normalized spacial score (nSPS) is 29.2. The van der Waals surface area contributed by atoms with Crippen molar-refractivity contribution in [2.45, 2.75) is 24.6 Å². The average Bonchev–Trinajstić information content (AvgIpc) is 2.75. The molecule has 0 saturated carbocycles. The van der Waals surface area contributed by atoms with Gasteiger partial charge in [-0.15, -0.1) is 0 Å². The first kappa shape index (κ1) is 10.8. The van der Waals surface area contributed by atoms with Crippen LogP contribution in [0.4, 0.5) is 0 Å². The van der Waals surface area contributed by atoms with E-state index in [4.69, 9.17) is 4.74 Å². The summed E-state index contributed by atoms with van der Waals surface area (Å²) in [5, 5.41) is 21.5. The van der Waals surface area contributed by atoms with Crippen LogP contribution < -0.4 is 5.32 Å². The maximum absolute atomic E-state index is 9.20. The van der Waals surface area contributed by atoms with Crippen LogP contribution in [0.1, 0.15) is 12.8 Å². The standard InChI is InChI=1S/C11H17NO3/c13-6-11(7-14)8-15-10(12-11)9-4-2-1-3-5-9/h1-2,4,10,12-14H,3,5-8H2. The number of rotatable bonds is 3. The minimum atomic E-state index is -0.674. The lowest BCUT2D eigenvalue weighted by molar-refractivity contribution is 0.0827. The molecular formula is C11H17NO3. The average molecular weight is 211 g/mol. The van der Waals surface area contributed by atoms with Crippen LogP contribution in [0.15, 0.2) is 23.8 Å². The molecule has 0 radical (unpaired) electrons. The molecule has 1 fully saturated rings. The van der Waals surface area contributed by atoms with E-state index >= 15 is 0 Å². The highest BCUT2D eigenvalue weighted by Gasteiger charge is 2.39. The summed E-state index contributed by atoms with van der Waals surface area (Å²) in [4.78, 5) is 0. The van der Waals surface area contributed by atoms with E-state index in [9.17, 15) is 10.2 Å². The molecule has 3 N–H and O–H groups in total. The monoisotopic (exact) mass is 211 g/mol. The zero-order valence-electron chi connectivity index (χ0n) is 8.65. The number of aliphatic hydroxyl groups is 2. The van der Waals surface area contributed by atoms with Crippen LogP contribution in [0.2, 0.25) is 0 Å². The van der Waals surface area contributed by atoms with Crippen molar-refractivity contribution in [3.05, 3.63) is 23.8 Å². The van der Waals surface area contributed by atoms with Gasteiger partial charge < -0.3 is 14.9 Å². The van der Waals surface area contributed by atoms with E-state index in [0.717, 1.165) is 12.8 Å². The van der Waals surface area contributed by atoms with Gasteiger partial charge in [0.1, 0.15) is 6.23 Å². The molecular weight excluding hydrogens is 194 g/mol. The molecule has 1 saturated heterocycles. The van der Waals surface area contributed by atoms with Crippen molar-refractivity contribution >= 4 is 0 Å². The molecule has 2 aliphatic rings. The van der Waals surface area contributed by atoms with Crippen molar-refractivity contribution in [1.82, 2.24) is 5.32 Å². The largest absolute Gasteiger partial charge is 0.394 e. The van der Waals surface area contributed by atoms with E-state index in [0.29, 0.717) is 6.61 Å². The van der Waals surface area contributed by atoms with Crippen LogP contribution in [0.3, 0.4) is 0 Å². The zero-order valence-corrected chi connectivity index (χ0v) is 8.65. The quantitative estimate of drug-likeness (QED) is 0.611. The molecule has 15 heavy (non-hydrogen) atoms. The molecule has 0 bridgehead atoms. The van der Waals surface area contributed by atoms with Crippen LogP contribution in [0.5, 0.6) is 0 Å². The second-order valence-corrected chi connectivity index (χ2v) is 4.14. The predicted octanol–water partition coefficient (Wildman–Crippen LogP) is -0.0679. The first-order chi connectivity index (χ1) is 7.29. The number of nitrogens with one attached hydrogen (secondary N) is 1. The molecule has 2 rings (SSSR count). The maximum atomic E-state index is 9.20. The van der Waals surface area contributed by atoms with Crippen LogP contribution in [-0.2, 0) is 4.74 Å². The highest BCUT2D eigenvalue weighted by Crippen LogP contribution is 2.24. The SMILES string of the molecule is OCC1(CO)COC(C2=CC=CCC2)N1. The number of aliphatic hydroxyl groups excluding tert-OH is 2. The third-order valence-corrected chi connectivity index (χ3v) is 2.95. The Balaban J connectivity index is 2.03. The van der Waals surface area contributed by atoms with Crippen LogP contribution in [0, 0.1) is 0 Å². The predicted molar refractivity (Wildman–Crippen MR) is 56.2 cm³/mol. The fourth-order valence-corrected chi connectivity index (χ4v) is 1.88. The molecule has 0 aromatic carbocycles. The van der Waals surface area contributed by atoms with Crippen molar-refractivity contribution < 1.29 is 14.9 Å². The Morgan fingerprint density at radius 1 is 1.47 bits per heavy atom. The first-order valence-electron chi connectivity index (χ1n) is 5.26. The van der Waals surface area contributed by atoms with E-state index in [-0.39, 0.29) is 19.4 Å². The molecule has 0 spiro atoms. The van der Waals surface area contributed by atoms with Crippen molar-refractivity contribution in [1.29, 1.82) is 0 Å². The van der Waals surface area contributed by atoms with Crippen molar-refractivity contribution in [3.8, 4) is 0 Å². The Hall–Kier alpha value is -0.680. The smallest absolute Gasteiger partial charge is 0.131 e. The minimum absolute atomic E-state index is 0.108. The number of hydrogen-bond donors (Lipinski definition) is 3. The van der Waals surface area contributed by atoms with Gasteiger partial charge in [0.15, 0.2) is 0 Å². The van der Waals surface area contributed by atoms with Crippen LogP contribution in [0.25, 0.3) is 0 Å². The van der Waals surface area contributed by atoms with Gasteiger partial charge in [0.25, 0.3) is 0 Å². The second-order valence-electron chi connectivity index (χ2n) is 4.14. The molecule has 1 aliphatic heterocycles. The molecule has 0 aromatic rings. The summed E-state index contributed by atoms with van der Waals surface area (Å²) < 4.78 is 5.56. The van der Waals surface area contributed by atoms with Gasteiger partial charge in [0, 0.05) is 0 Å². The highest BCUT2D eigenvalue weighted by atomic mass is 16.5. The first-order valence-corrected chi connectivity index (χ1v) is 5.26. The number of ether oxygens (including phenoxy) is 1. The summed E-state index contributed by atoms with van der Waals surface area (Å²) in [6.07, 6.45) is 8.01. The van der Waals surface area contributed by atoms with E-state index in [1.165, 1.54) is 5.57 Å². The lowest BCUT2D eigenvalue weighted by Gasteiger charge is -2.24. The summed E-state index contributed by atoms with van der Waals surface area (Å²) in [6, 6.07) is 0. The van der Waals surface area contributed by atoms with Gasteiger partial charge >= 0.3 is 0 Å². The third kappa shape index (κ3) is 2.13. The van der Waals surface area contributed by atoms with Crippen LogP contribution >= 0.6 is 0 Å². The molecule has 0 amide bonds. The Labute approximate surface area is 89.2 Å². The Morgan fingerprint density at radius 2 is 2.27 bits per heavy atom. The minimum Gasteiger partial charge on any atom is -0.394 e. The van der Waals surface area contributed by atoms with E-state index in [1.807, 2.05) is 12.2 Å². The number of allylic oxidation sites excluding steroid dienone is 3. The third-order valence-electron chi connectivity index (χ3n) is 2.95. The van der Waals surface area contributed by atoms with E-state index < -0.39 is 5.54 Å². The van der Waals surface area contributed by atoms with E-state index in [1.54, 1.807) is 0 Å². The molecule has 1 atom stereocenters. The summed E-state index contributed by atoms with van der Waals surface area (Å²) in [7, 11) is 0. The molecule has 4 heteroatoms. The number of hydrogen-bond acceptors (Lipinski definition) is 4. The Kier molecular flexibility index (Phi) is 3.21. The lowest BCUT2D eigenvalue weighted by Crippen LogP contribution is -2.51. The van der Waals surface area contributed by atoms with Gasteiger partial charge in [-0.05, 0) is 18.4 Å². The lowest BCUT2D eigenvalue weighted by atomic mass is 10.0. The van der Waals surface area contributed by atoms with Gasteiger partial charge in [-0.1, -0.05) is 18.2 Å². The maximum Gasteiger partial charge on any atom is 0.131 e. The molecule has 1 heterocycles. The van der Waals surface area contributed by atoms with Gasteiger partial charge in [-0.25, -0.2) is 0 Å². The fourth-order valence-electron chi connectivity index (χ4n) is 1.88. The van der Waals surface area contributed by atoms with Gasteiger partial charge in [0.05, 0.1) is 25.4 Å². The summed E-state index contributed by atoms with van der Waals surface area (Å²) >= 11 is 0. The molecule has 4 nitrogen and oxygen atoms in total. The van der Waals surface area contributed by atoms with Gasteiger partial charge in [-0.2, -0.15) is 0 Å². The molecule has 84 valence electrons. The Bertz CT molecular complexity index is 282. The summed E-state index contributed by atoms with van der Waals surface area (Å²) in [6.45, 7) is 0.137. The Morgan fingerprint density at radius 3 is 2.80 bits per heavy atom. The summed E-state index contributed by atoms with van der Waals surface area (Å²) in [5.41, 5.74) is 0.508. The van der Waals surface area contributed by atoms with Gasteiger partial charge in [0.2, 0.25) is 0 Å². The molecule has 0 aromatic heterocycles. The van der Waals surface area contributed by atoms with E-state index in [2.05, 4.69) is 11.4 Å². The topological polar surface area (TPSA) is 61.7 Å². The zero-order chi connectivity index (χ0) is 10.7. The fraction of sp³-hybridized carbons (Fsp3) is 0.636. The van der Waals surface area contributed by atoms with Crippen molar-refractivity contribution in [2.75, 3.05) is 19.8 Å². The van der Waals surface area contributed by atoms with Crippen LogP contribution in [-0.4, -0.2) is 41.8 Å².